The summed E-state index contributed by atoms with van der Waals surface area (Å²) in [6, 6.07) is 9.01. The van der Waals surface area contributed by atoms with Crippen molar-refractivity contribution in [3.05, 3.63) is 52.2 Å². The Hall–Kier alpha value is -1.86. The van der Waals surface area contributed by atoms with Gasteiger partial charge in [0.1, 0.15) is 0 Å². The number of para-hydroxylation sites is 1. The zero-order valence-corrected chi connectivity index (χ0v) is 13.8. The van der Waals surface area contributed by atoms with Crippen molar-refractivity contribution in [3.63, 3.8) is 0 Å². The number of carbonyl (C=O) groups excluding carboxylic acids is 1. The second-order valence-corrected chi connectivity index (χ2v) is 7.47. The van der Waals surface area contributed by atoms with Gasteiger partial charge in [-0.2, -0.15) is 11.3 Å². The van der Waals surface area contributed by atoms with Gasteiger partial charge >= 0.3 is 0 Å². The molecule has 0 radical (unpaired) electrons. The van der Waals surface area contributed by atoms with E-state index in [9.17, 15) is 13.2 Å². The van der Waals surface area contributed by atoms with E-state index in [1.807, 2.05) is 16.8 Å². The van der Waals surface area contributed by atoms with E-state index < -0.39 is 10.0 Å². The molecule has 0 saturated carbocycles. The highest BCUT2D eigenvalue weighted by atomic mass is 32.2. The third kappa shape index (κ3) is 5.50. The van der Waals surface area contributed by atoms with Crippen molar-refractivity contribution in [2.45, 2.75) is 19.4 Å². The molecule has 0 aliphatic heterocycles. The molecule has 1 amide bonds. The summed E-state index contributed by atoms with van der Waals surface area (Å²) >= 11 is 1.61. The largest absolute Gasteiger partial charge is 0.352 e. The van der Waals surface area contributed by atoms with E-state index in [4.69, 9.17) is 0 Å². The Labute approximate surface area is 134 Å². The minimum absolute atomic E-state index is 0.0552. The van der Waals surface area contributed by atoms with Crippen LogP contribution in [-0.2, 0) is 27.8 Å². The number of nitrogens with one attached hydrogen (secondary N) is 2. The van der Waals surface area contributed by atoms with Gasteiger partial charge in [0.25, 0.3) is 0 Å². The predicted octanol–water partition coefficient (Wildman–Crippen LogP) is 2.37. The molecule has 0 aliphatic rings. The van der Waals surface area contributed by atoms with Crippen LogP contribution in [0.25, 0.3) is 0 Å². The fourth-order valence-electron chi connectivity index (χ4n) is 1.95. The van der Waals surface area contributed by atoms with Gasteiger partial charge in [-0.3, -0.25) is 9.52 Å². The molecule has 5 nitrogen and oxygen atoms in total. The molecule has 2 aromatic rings. The molecule has 2 rings (SSSR count). The summed E-state index contributed by atoms with van der Waals surface area (Å²) in [5, 5.41) is 6.83. The van der Waals surface area contributed by atoms with Crippen molar-refractivity contribution < 1.29 is 13.2 Å². The highest BCUT2D eigenvalue weighted by molar-refractivity contribution is 7.92. The molecule has 0 saturated heterocycles. The average molecular weight is 338 g/mol. The summed E-state index contributed by atoms with van der Waals surface area (Å²) in [6.07, 6.45) is 2.22. The van der Waals surface area contributed by atoms with E-state index in [0.29, 0.717) is 25.1 Å². The maximum absolute atomic E-state index is 11.9. The monoisotopic (exact) mass is 338 g/mol. The van der Waals surface area contributed by atoms with Gasteiger partial charge in [-0.1, -0.05) is 18.2 Å². The topological polar surface area (TPSA) is 75.3 Å². The average Bonchev–Trinajstić information content (AvgIpc) is 2.96. The molecule has 0 aliphatic carbocycles. The lowest BCUT2D eigenvalue weighted by Gasteiger charge is -2.11. The minimum Gasteiger partial charge on any atom is -0.352 e. The third-order valence-corrected chi connectivity index (χ3v) is 4.33. The van der Waals surface area contributed by atoms with E-state index in [2.05, 4.69) is 10.0 Å². The first-order valence-corrected chi connectivity index (χ1v) is 9.61. The molecule has 0 atom stereocenters. The van der Waals surface area contributed by atoms with Crippen molar-refractivity contribution in [1.29, 1.82) is 0 Å². The highest BCUT2D eigenvalue weighted by Crippen LogP contribution is 2.16. The number of hydrogen-bond donors (Lipinski definition) is 2. The first-order chi connectivity index (χ1) is 10.4. The van der Waals surface area contributed by atoms with Crippen LogP contribution in [-0.4, -0.2) is 20.6 Å². The zero-order valence-electron chi connectivity index (χ0n) is 12.2. The quantitative estimate of drug-likeness (QED) is 0.814. The van der Waals surface area contributed by atoms with Crippen LogP contribution in [0, 0.1) is 0 Å². The predicted molar refractivity (Wildman–Crippen MR) is 89.4 cm³/mol. The number of anilines is 1. The molecular formula is C15H18N2O3S2. The van der Waals surface area contributed by atoms with Gasteiger partial charge in [0.05, 0.1) is 11.9 Å². The SMILES string of the molecule is CS(=O)(=O)Nc1ccccc1CNC(=O)CCc1ccsc1. The van der Waals surface area contributed by atoms with Gasteiger partial charge in [0.2, 0.25) is 15.9 Å². The van der Waals surface area contributed by atoms with Crippen molar-refractivity contribution >= 4 is 33.0 Å². The van der Waals surface area contributed by atoms with Gasteiger partial charge in [-0.15, -0.1) is 0 Å². The second kappa shape index (κ2) is 7.42. The minimum atomic E-state index is -3.34. The number of thiophene rings is 1. The Bertz CT molecular complexity index is 725. The number of hydrogen-bond acceptors (Lipinski definition) is 4. The van der Waals surface area contributed by atoms with E-state index >= 15 is 0 Å². The van der Waals surface area contributed by atoms with Crippen LogP contribution in [0.2, 0.25) is 0 Å². The number of aryl methyl sites for hydroxylation is 1. The van der Waals surface area contributed by atoms with Crippen LogP contribution >= 0.6 is 11.3 Å². The molecule has 0 spiro atoms. The number of rotatable bonds is 7. The first kappa shape index (κ1) is 16.5. The molecule has 1 aromatic carbocycles. The van der Waals surface area contributed by atoms with Crippen molar-refractivity contribution in [2.24, 2.45) is 0 Å². The second-order valence-electron chi connectivity index (χ2n) is 4.94. The van der Waals surface area contributed by atoms with Gasteiger partial charge in [-0.25, -0.2) is 8.42 Å². The molecule has 118 valence electrons. The number of amides is 1. The maximum atomic E-state index is 11.9. The fraction of sp³-hybridized carbons (Fsp3) is 0.267. The summed E-state index contributed by atoms with van der Waals surface area (Å²) in [5.41, 5.74) is 2.37. The lowest BCUT2D eigenvalue weighted by Crippen LogP contribution is -2.24. The highest BCUT2D eigenvalue weighted by Gasteiger charge is 2.08. The number of carbonyl (C=O) groups is 1. The van der Waals surface area contributed by atoms with Crippen LogP contribution in [0.15, 0.2) is 41.1 Å². The number of benzene rings is 1. The van der Waals surface area contributed by atoms with Gasteiger partial charge in [0, 0.05) is 13.0 Å². The first-order valence-electron chi connectivity index (χ1n) is 6.77. The lowest BCUT2D eigenvalue weighted by atomic mass is 10.1. The third-order valence-electron chi connectivity index (χ3n) is 3.01. The standard InChI is InChI=1S/C15H18N2O3S2/c1-22(19,20)17-14-5-3-2-4-13(14)10-16-15(18)7-6-12-8-9-21-11-12/h2-5,8-9,11,17H,6-7,10H2,1H3,(H,16,18). The molecular weight excluding hydrogens is 320 g/mol. The Kier molecular flexibility index (Phi) is 5.57. The van der Waals surface area contributed by atoms with Crippen LogP contribution in [0.4, 0.5) is 5.69 Å². The van der Waals surface area contributed by atoms with Crippen molar-refractivity contribution in [2.75, 3.05) is 11.0 Å². The normalized spacial score (nSPS) is 11.1. The summed E-state index contributed by atoms with van der Waals surface area (Å²) in [4.78, 5) is 11.9. The van der Waals surface area contributed by atoms with Crippen LogP contribution in [0.3, 0.4) is 0 Å². The van der Waals surface area contributed by atoms with Gasteiger partial charge in [0.15, 0.2) is 0 Å². The van der Waals surface area contributed by atoms with Gasteiger partial charge in [-0.05, 0) is 40.4 Å². The Morgan fingerprint density at radius 3 is 2.68 bits per heavy atom. The molecule has 0 fully saturated rings. The molecule has 22 heavy (non-hydrogen) atoms. The molecule has 1 aromatic heterocycles. The summed E-state index contributed by atoms with van der Waals surface area (Å²) < 4.78 is 25.1. The molecule has 0 bridgehead atoms. The summed E-state index contributed by atoms with van der Waals surface area (Å²) in [7, 11) is -3.34. The van der Waals surface area contributed by atoms with Crippen molar-refractivity contribution in [3.8, 4) is 0 Å². The molecule has 2 N–H and O–H groups in total. The van der Waals surface area contributed by atoms with E-state index in [-0.39, 0.29) is 5.91 Å². The lowest BCUT2D eigenvalue weighted by molar-refractivity contribution is -0.121. The Morgan fingerprint density at radius 1 is 1.23 bits per heavy atom. The Morgan fingerprint density at radius 2 is 2.00 bits per heavy atom. The maximum Gasteiger partial charge on any atom is 0.229 e. The van der Waals surface area contributed by atoms with Crippen molar-refractivity contribution in [1.82, 2.24) is 5.32 Å². The summed E-state index contributed by atoms with van der Waals surface area (Å²) in [5.74, 6) is -0.0552. The van der Waals surface area contributed by atoms with Gasteiger partial charge < -0.3 is 5.32 Å². The summed E-state index contributed by atoms with van der Waals surface area (Å²) in [6.45, 7) is 0.293. The van der Waals surface area contributed by atoms with E-state index in [1.54, 1.807) is 35.6 Å². The smallest absolute Gasteiger partial charge is 0.229 e. The van der Waals surface area contributed by atoms with E-state index in [1.165, 1.54) is 0 Å². The molecule has 7 heteroatoms. The molecule has 0 unspecified atom stereocenters. The molecule has 1 heterocycles. The van der Waals surface area contributed by atoms with Crippen LogP contribution in [0.1, 0.15) is 17.5 Å². The van der Waals surface area contributed by atoms with E-state index in [0.717, 1.165) is 17.4 Å². The zero-order chi connectivity index (χ0) is 16.0. The Balaban J connectivity index is 1.89. The van der Waals surface area contributed by atoms with Crippen LogP contribution in [0.5, 0.6) is 0 Å². The number of sulfonamides is 1. The fourth-order valence-corrected chi connectivity index (χ4v) is 3.25. The van der Waals surface area contributed by atoms with Crippen LogP contribution < -0.4 is 10.0 Å².